The van der Waals surface area contributed by atoms with Crippen LogP contribution in [0.3, 0.4) is 0 Å². The summed E-state index contributed by atoms with van der Waals surface area (Å²) in [6, 6.07) is 5.48. The predicted molar refractivity (Wildman–Crippen MR) is 103 cm³/mol. The fourth-order valence-corrected chi connectivity index (χ4v) is 4.05. The number of hydrogen-bond donors (Lipinski definition) is 1. The van der Waals surface area contributed by atoms with Crippen LogP contribution in [0.25, 0.3) is 0 Å². The Labute approximate surface area is 167 Å². The second kappa shape index (κ2) is 7.68. The number of benzene rings is 1. The number of oxime groups is 1. The van der Waals surface area contributed by atoms with Crippen molar-refractivity contribution in [2.45, 2.75) is 44.2 Å². The maximum Gasteiger partial charge on any atom is 0.266 e. The van der Waals surface area contributed by atoms with Crippen molar-refractivity contribution in [3.8, 4) is 0 Å². The molecule has 0 spiro atoms. The van der Waals surface area contributed by atoms with E-state index in [0.29, 0.717) is 41.3 Å². The van der Waals surface area contributed by atoms with Crippen LogP contribution in [0.2, 0.25) is 10.0 Å². The molecular weight excluding hydrogens is 389 g/mol. The average molecular weight is 410 g/mol. The molecule has 2 aliphatic heterocycles. The number of carbonyl (C=O) groups is 2. The Bertz CT molecular complexity index is 794. The molecule has 2 atom stereocenters. The zero-order chi connectivity index (χ0) is 19.0. The number of carbonyl (C=O) groups excluding carboxylic acids is 2. The van der Waals surface area contributed by atoms with Crippen LogP contribution >= 0.6 is 23.2 Å². The van der Waals surface area contributed by atoms with Gasteiger partial charge in [-0.05, 0) is 37.8 Å². The van der Waals surface area contributed by atoms with Gasteiger partial charge < -0.3 is 15.1 Å². The third kappa shape index (κ3) is 4.22. The molecule has 3 aliphatic rings. The topological polar surface area (TPSA) is 71.0 Å². The van der Waals surface area contributed by atoms with Gasteiger partial charge in [0.1, 0.15) is 0 Å². The minimum Gasteiger partial charge on any atom is -0.382 e. The maximum atomic E-state index is 12.9. The van der Waals surface area contributed by atoms with E-state index in [0.717, 1.165) is 31.2 Å². The molecule has 2 heterocycles. The Balaban J connectivity index is 1.36. The number of halogens is 2. The van der Waals surface area contributed by atoms with E-state index >= 15 is 0 Å². The van der Waals surface area contributed by atoms with Crippen LogP contribution in [0.15, 0.2) is 23.4 Å². The molecular formula is C19H21Cl2N3O3. The molecule has 2 amide bonds. The number of likely N-dealkylation sites (tertiary alicyclic amines) is 1. The van der Waals surface area contributed by atoms with Gasteiger partial charge in [0.15, 0.2) is 0 Å². The quantitative estimate of drug-likeness (QED) is 0.830. The molecule has 1 saturated heterocycles. The van der Waals surface area contributed by atoms with Crippen LogP contribution in [-0.4, -0.2) is 47.7 Å². The minimum absolute atomic E-state index is 0.0622. The van der Waals surface area contributed by atoms with Crippen molar-refractivity contribution < 1.29 is 14.4 Å². The second-order valence-corrected chi connectivity index (χ2v) is 8.21. The third-order valence-electron chi connectivity index (χ3n) is 5.21. The summed E-state index contributed by atoms with van der Waals surface area (Å²) in [5.41, 5.74) is 1.35. The summed E-state index contributed by atoms with van der Waals surface area (Å²) in [4.78, 5) is 32.3. The van der Waals surface area contributed by atoms with Crippen molar-refractivity contribution in [3.63, 3.8) is 0 Å². The summed E-state index contributed by atoms with van der Waals surface area (Å²) >= 11 is 12.2. The lowest BCUT2D eigenvalue weighted by molar-refractivity contribution is -0.145. The van der Waals surface area contributed by atoms with E-state index in [1.165, 1.54) is 0 Å². The molecule has 8 heteroatoms. The highest BCUT2D eigenvalue weighted by atomic mass is 35.5. The predicted octanol–water partition coefficient (Wildman–Crippen LogP) is 3.00. The van der Waals surface area contributed by atoms with Gasteiger partial charge >= 0.3 is 0 Å². The molecule has 4 rings (SSSR count). The highest BCUT2D eigenvalue weighted by molar-refractivity contribution is 6.37. The molecule has 144 valence electrons. The minimum atomic E-state index is -0.669. The molecule has 0 aromatic heterocycles. The summed E-state index contributed by atoms with van der Waals surface area (Å²) in [5, 5.41) is 8.11. The van der Waals surface area contributed by atoms with E-state index in [4.69, 9.17) is 28.0 Å². The van der Waals surface area contributed by atoms with Crippen LogP contribution in [0.4, 0.5) is 0 Å². The van der Waals surface area contributed by atoms with E-state index in [2.05, 4.69) is 10.5 Å². The Hall–Kier alpha value is -1.79. The van der Waals surface area contributed by atoms with Crippen molar-refractivity contribution in [3.05, 3.63) is 33.8 Å². The number of nitrogens with zero attached hydrogens (tertiary/aromatic N) is 2. The summed E-state index contributed by atoms with van der Waals surface area (Å²) in [6.07, 6.45) is 3.44. The highest BCUT2D eigenvalue weighted by Gasteiger charge is 2.37. The first-order valence-electron chi connectivity index (χ1n) is 9.28. The lowest BCUT2D eigenvalue weighted by Gasteiger charge is -2.33. The number of piperidine rings is 1. The second-order valence-electron chi connectivity index (χ2n) is 7.37. The van der Waals surface area contributed by atoms with E-state index in [1.807, 2.05) is 0 Å². The Kier molecular flexibility index (Phi) is 5.28. The molecule has 1 aliphatic carbocycles. The van der Waals surface area contributed by atoms with Gasteiger partial charge in [-0.25, -0.2) is 0 Å². The van der Waals surface area contributed by atoms with Crippen molar-refractivity contribution in [2.24, 2.45) is 11.1 Å². The lowest BCUT2D eigenvalue weighted by Crippen LogP contribution is -2.48. The third-order valence-corrected chi connectivity index (χ3v) is 5.76. The Morgan fingerprint density at radius 1 is 1.22 bits per heavy atom. The van der Waals surface area contributed by atoms with Crippen LogP contribution in [0.1, 0.15) is 37.7 Å². The van der Waals surface area contributed by atoms with Gasteiger partial charge in [0, 0.05) is 36.1 Å². The van der Waals surface area contributed by atoms with Gasteiger partial charge in [-0.1, -0.05) is 34.4 Å². The SMILES string of the molecule is O=C(NC1CC1)[C@@H]1CCCN(C(=O)[C@H]2CC(c3ccc(Cl)cc3Cl)=NO2)C1. The standard InChI is InChI=1S/C19H21Cl2N3O3/c20-12-3-6-14(15(21)8-12)16-9-17(27-23-16)19(26)24-7-1-2-11(10-24)18(25)22-13-4-5-13/h3,6,8,11,13,17H,1-2,4-5,7,9-10H2,(H,22,25)/t11-,17-/m1/s1. The van der Waals surface area contributed by atoms with Gasteiger partial charge in [0.25, 0.3) is 5.91 Å². The largest absolute Gasteiger partial charge is 0.382 e. The van der Waals surface area contributed by atoms with E-state index < -0.39 is 6.10 Å². The average Bonchev–Trinajstić information content (AvgIpc) is 3.34. The van der Waals surface area contributed by atoms with Gasteiger partial charge in [-0.3, -0.25) is 9.59 Å². The summed E-state index contributed by atoms with van der Waals surface area (Å²) < 4.78 is 0. The first kappa shape index (κ1) is 18.6. The smallest absolute Gasteiger partial charge is 0.266 e. The summed E-state index contributed by atoms with van der Waals surface area (Å²) in [6.45, 7) is 1.08. The van der Waals surface area contributed by atoms with Gasteiger partial charge in [-0.15, -0.1) is 0 Å². The van der Waals surface area contributed by atoms with E-state index in [1.54, 1.807) is 23.1 Å². The summed E-state index contributed by atoms with van der Waals surface area (Å²) in [7, 11) is 0. The van der Waals surface area contributed by atoms with Gasteiger partial charge in [-0.2, -0.15) is 0 Å². The number of nitrogens with one attached hydrogen (secondary N) is 1. The van der Waals surface area contributed by atoms with Crippen molar-refractivity contribution >= 4 is 40.7 Å². The molecule has 0 unspecified atom stereocenters. The monoisotopic (exact) mass is 409 g/mol. The molecule has 1 N–H and O–H groups in total. The van der Waals surface area contributed by atoms with Crippen molar-refractivity contribution in [1.29, 1.82) is 0 Å². The first-order chi connectivity index (χ1) is 13.0. The Morgan fingerprint density at radius 3 is 2.78 bits per heavy atom. The first-order valence-corrected chi connectivity index (χ1v) is 10.0. The van der Waals surface area contributed by atoms with Crippen LogP contribution in [-0.2, 0) is 14.4 Å². The zero-order valence-electron chi connectivity index (χ0n) is 14.8. The van der Waals surface area contributed by atoms with Crippen LogP contribution in [0, 0.1) is 5.92 Å². The zero-order valence-corrected chi connectivity index (χ0v) is 16.3. The lowest BCUT2D eigenvalue weighted by atomic mass is 9.96. The number of amides is 2. The molecule has 1 aromatic rings. The van der Waals surface area contributed by atoms with E-state index in [9.17, 15) is 9.59 Å². The maximum absolute atomic E-state index is 12.9. The van der Waals surface area contributed by atoms with Crippen LogP contribution in [0.5, 0.6) is 0 Å². The molecule has 27 heavy (non-hydrogen) atoms. The Morgan fingerprint density at radius 2 is 2.04 bits per heavy atom. The normalized spacial score (nSPS) is 25.0. The molecule has 1 saturated carbocycles. The fraction of sp³-hybridized carbons (Fsp3) is 0.526. The van der Waals surface area contributed by atoms with Crippen LogP contribution < -0.4 is 5.32 Å². The fourth-order valence-electron chi connectivity index (χ4n) is 3.53. The summed E-state index contributed by atoms with van der Waals surface area (Å²) in [5.74, 6) is -0.203. The van der Waals surface area contributed by atoms with Crippen molar-refractivity contribution in [2.75, 3.05) is 13.1 Å². The molecule has 0 bridgehead atoms. The molecule has 1 aromatic carbocycles. The number of hydrogen-bond acceptors (Lipinski definition) is 4. The molecule has 2 fully saturated rings. The molecule has 6 nitrogen and oxygen atoms in total. The van der Waals surface area contributed by atoms with Crippen molar-refractivity contribution in [1.82, 2.24) is 10.2 Å². The van der Waals surface area contributed by atoms with Gasteiger partial charge in [0.2, 0.25) is 12.0 Å². The highest BCUT2D eigenvalue weighted by Crippen LogP contribution is 2.28. The van der Waals surface area contributed by atoms with Gasteiger partial charge in [0.05, 0.1) is 16.7 Å². The number of rotatable bonds is 4. The van der Waals surface area contributed by atoms with E-state index in [-0.39, 0.29) is 17.7 Å². The molecule has 0 radical (unpaired) electrons.